The van der Waals surface area contributed by atoms with Crippen molar-refractivity contribution in [3.8, 4) is 11.4 Å². The molecular weight excluding hydrogens is 345 g/mol. The van der Waals surface area contributed by atoms with Gasteiger partial charge in [0, 0.05) is 11.9 Å². The Kier molecular flexibility index (Phi) is 5.76. The number of aromatic amines is 1. The van der Waals surface area contributed by atoms with Gasteiger partial charge in [0.05, 0.1) is 22.9 Å². The van der Waals surface area contributed by atoms with Crippen LogP contribution in [-0.2, 0) is 0 Å². The Morgan fingerprint density at radius 1 is 1.11 bits per heavy atom. The molecule has 27 heavy (non-hydrogen) atoms. The van der Waals surface area contributed by atoms with Crippen molar-refractivity contribution in [1.82, 2.24) is 9.78 Å². The summed E-state index contributed by atoms with van der Waals surface area (Å²) in [6.07, 6.45) is 4.39. The van der Waals surface area contributed by atoms with Crippen LogP contribution in [0.15, 0.2) is 53.3 Å². The van der Waals surface area contributed by atoms with Crippen molar-refractivity contribution in [3.05, 3.63) is 75.3 Å². The summed E-state index contributed by atoms with van der Waals surface area (Å²) in [5.41, 5.74) is 1.21. The molecule has 0 bridgehead atoms. The molecule has 140 valence electrons. The first-order chi connectivity index (χ1) is 13.1. The first-order valence-electron chi connectivity index (χ1n) is 8.89. The van der Waals surface area contributed by atoms with Crippen LogP contribution >= 0.6 is 0 Å². The number of H-pyrrole nitrogens is 1. The lowest BCUT2D eigenvalue weighted by atomic mass is 10.3. The number of nitrogens with one attached hydrogen (secondary N) is 2. The quantitative estimate of drug-likeness (QED) is 0.704. The molecule has 5 nitrogen and oxygen atoms in total. The van der Waals surface area contributed by atoms with Crippen LogP contribution in [0, 0.1) is 5.82 Å². The van der Waals surface area contributed by atoms with Crippen molar-refractivity contribution < 1.29 is 9.13 Å². The minimum Gasteiger partial charge on any atom is -0.494 e. The van der Waals surface area contributed by atoms with Gasteiger partial charge in [-0.05, 0) is 61.9 Å². The van der Waals surface area contributed by atoms with Gasteiger partial charge in [0.1, 0.15) is 11.6 Å². The number of ether oxygens (including phenoxy) is 1. The number of nitrogens with zero attached hydrogens (tertiary/aromatic N) is 1. The van der Waals surface area contributed by atoms with Gasteiger partial charge in [-0.1, -0.05) is 13.0 Å². The molecule has 1 heterocycles. The molecule has 0 aliphatic rings. The van der Waals surface area contributed by atoms with Gasteiger partial charge >= 0.3 is 0 Å². The zero-order chi connectivity index (χ0) is 19.2. The molecule has 2 aromatic carbocycles. The molecule has 0 aliphatic carbocycles. The SMILES string of the molecule is CCC=c1[nH]n(-c2ccc(F)cc2)c(=O)c1=CNc1ccc(OCC)cc1. The molecule has 0 atom stereocenters. The first-order valence-corrected chi connectivity index (χ1v) is 8.89. The largest absolute Gasteiger partial charge is 0.494 e. The molecule has 0 radical (unpaired) electrons. The summed E-state index contributed by atoms with van der Waals surface area (Å²) in [5, 5.41) is 7.46. The van der Waals surface area contributed by atoms with Crippen molar-refractivity contribution in [2.24, 2.45) is 0 Å². The van der Waals surface area contributed by atoms with Gasteiger partial charge in [-0.15, -0.1) is 0 Å². The van der Waals surface area contributed by atoms with E-state index in [-0.39, 0.29) is 11.4 Å². The van der Waals surface area contributed by atoms with Gasteiger partial charge in [0.25, 0.3) is 5.56 Å². The average molecular weight is 367 g/mol. The molecule has 0 amide bonds. The van der Waals surface area contributed by atoms with Crippen LogP contribution in [0.3, 0.4) is 0 Å². The van der Waals surface area contributed by atoms with Gasteiger partial charge in [-0.3, -0.25) is 9.89 Å². The molecule has 6 heteroatoms. The van der Waals surface area contributed by atoms with Crippen molar-refractivity contribution in [1.29, 1.82) is 0 Å². The monoisotopic (exact) mass is 367 g/mol. The lowest BCUT2D eigenvalue weighted by Gasteiger charge is -2.04. The van der Waals surface area contributed by atoms with Crippen molar-refractivity contribution in [2.45, 2.75) is 20.3 Å². The Hall–Kier alpha value is -3.28. The smallest absolute Gasteiger partial charge is 0.280 e. The van der Waals surface area contributed by atoms with Crippen LogP contribution in [0.4, 0.5) is 10.1 Å². The molecule has 0 aliphatic heterocycles. The van der Waals surface area contributed by atoms with Gasteiger partial charge in [0.15, 0.2) is 0 Å². The third-order valence-electron chi connectivity index (χ3n) is 4.00. The normalized spacial score (nSPS) is 12.4. The Labute approximate surface area is 156 Å². The predicted octanol–water partition coefficient (Wildman–Crippen LogP) is 2.74. The Bertz CT molecular complexity index is 1060. The third kappa shape index (κ3) is 4.28. The minimum absolute atomic E-state index is 0.209. The highest BCUT2D eigenvalue weighted by Gasteiger charge is 2.05. The van der Waals surface area contributed by atoms with Gasteiger partial charge in [-0.2, -0.15) is 0 Å². The van der Waals surface area contributed by atoms with Crippen molar-refractivity contribution >= 4 is 18.0 Å². The maximum atomic E-state index is 13.2. The molecular formula is C21H22FN3O2. The van der Waals surface area contributed by atoms with Crippen LogP contribution in [0.1, 0.15) is 20.3 Å². The Morgan fingerprint density at radius 2 is 1.81 bits per heavy atom. The zero-order valence-corrected chi connectivity index (χ0v) is 15.3. The summed E-state index contributed by atoms with van der Waals surface area (Å²) < 4.78 is 20.0. The summed E-state index contributed by atoms with van der Waals surface area (Å²) in [6.45, 7) is 4.54. The number of aromatic nitrogens is 2. The van der Waals surface area contributed by atoms with E-state index in [1.807, 2.05) is 44.2 Å². The molecule has 0 saturated carbocycles. The fraction of sp³-hybridized carbons (Fsp3) is 0.190. The van der Waals surface area contributed by atoms with E-state index < -0.39 is 0 Å². The fourth-order valence-corrected chi connectivity index (χ4v) is 2.71. The van der Waals surface area contributed by atoms with Crippen LogP contribution in [0.2, 0.25) is 0 Å². The number of halogens is 1. The lowest BCUT2D eigenvalue weighted by molar-refractivity contribution is 0.340. The van der Waals surface area contributed by atoms with E-state index in [4.69, 9.17) is 4.74 Å². The number of benzene rings is 2. The van der Waals surface area contributed by atoms with Gasteiger partial charge in [-0.25, -0.2) is 9.07 Å². The van der Waals surface area contributed by atoms with Crippen molar-refractivity contribution in [3.63, 3.8) is 0 Å². The summed E-state index contributed by atoms with van der Waals surface area (Å²) in [4.78, 5) is 12.8. The van der Waals surface area contributed by atoms with E-state index in [0.29, 0.717) is 22.9 Å². The number of hydrogen-bond donors (Lipinski definition) is 2. The summed E-state index contributed by atoms with van der Waals surface area (Å²) in [5.74, 6) is 0.450. The topological polar surface area (TPSA) is 59.0 Å². The summed E-state index contributed by atoms with van der Waals surface area (Å²) in [6, 6.07) is 13.3. The molecule has 3 rings (SSSR count). The van der Waals surface area contributed by atoms with E-state index in [1.54, 1.807) is 18.3 Å². The third-order valence-corrected chi connectivity index (χ3v) is 4.00. The molecule has 2 N–H and O–H groups in total. The van der Waals surface area contributed by atoms with E-state index in [1.165, 1.54) is 16.8 Å². The molecule has 3 aromatic rings. The number of anilines is 1. The van der Waals surface area contributed by atoms with E-state index >= 15 is 0 Å². The highest BCUT2D eigenvalue weighted by atomic mass is 19.1. The molecule has 0 fully saturated rings. The maximum Gasteiger partial charge on any atom is 0.280 e. The van der Waals surface area contributed by atoms with Crippen LogP contribution in [-0.4, -0.2) is 16.4 Å². The minimum atomic E-state index is -0.345. The summed E-state index contributed by atoms with van der Waals surface area (Å²) >= 11 is 0. The van der Waals surface area contributed by atoms with E-state index in [0.717, 1.165) is 17.9 Å². The van der Waals surface area contributed by atoms with Crippen LogP contribution in [0.25, 0.3) is 18.0 Å². The van der Waals surface area contributed by atoms with E-state index in [2.05, 4.69) is 10.4 Å². The molecule has 0 spiro atoms. The maximum absolute atomic E-state index is 13.2. The molecule has 0 unspecified atom stereocenters. The highest BCUT2D eigenvalue weighted by Crippen LogP contribution is 2.15. The van der Waals surface area contributed by atoms with Gasteiger partial charge < -0.3 is 10.1 Å². The highest BCUT2D eigenvalue weighted by molar-refractivity contribution is 5.55. The lowest BCUT2D eigenvalue weighted by Crippen LogP contribution is -2.35. The van der Waals surface area contributed by atoms with E-state index in [9.17, 15) is 9.18 Å². The molecule has 1 aromatic heterocycles. The second-order valence-electron chi connectivity index (χ2n) is 5.91. The Morgan fingerprint density at radius 3 is 2.44 bits per heavy atom. The van der Waals surface area contributed by atoms with Crippen molar-refractivity contribution in [2.75, 3.05) is 11.9 Å². The fourth-order valence-electron chi connectivity index (χ4n) is 2.71. The zero-order valence-electron chi connectivity index (χ0n) is 15.3. The predicted molar refractivity (Wildman–Crippen MR) is 106 cm³/mol. The second kappa shape index (κ2) is 8.40. The van der Waals surface area contributed by atoms with Gasteiger partial charge in [0.2, 0.25) is 0 Å². The average Bonchev–Trinajstić information content (AvgIpc) is 2.98. The summed E-state index contributed by atoms with van der Waals surface area (Å²) in [7, 11) is 0. The first kappa shape index (κ1) is 18.5. The molecule has 0 saturated heterocycles. The standard InChI is InChI=1S/C21H22FN3O2/c1-3-5-20-19(14-23-16-8-12-18(13-9-16)27-4-2)21(26)25(24-20)17-10-6-15(22)7-11-17/h5-14,23-24H,3-4H2,1-2H3. The Balaban J connectivity index is 1.98. The second-order valence-corrected chi connectivity index (χ2v) is 5.91. The van der Waals surface area contributed by atoms with Crippen LogP contribution < -0.4 is 26.2 Å². The number of hydrogen-bond acceptors (Lipinski definition) is 3. The number of rotatable bonds is 6. The van der Waals surface area contributed by atoms with Crippen LogP contribution in [0.5, 0.6) is 5.75 Å².